The van der Waals surface area contributed by atoms with Gasteiger partial charge in [0.05, 0.1) is 11.3 Å². The largest absolute Gasteiger partial charge is 0.383 e. The highest BCUT2D eigenvalue weighted by molar-refractivity contribution is 6.12. The minimum atomic E-state index is 0.240. The maximum atomic E-state index is 6.01. The molecule has 172 valence electrons. The van der Waals surface area contributed by atoms with E-state index in [1.165, 1.54) is 0 Å². The zero-order chi connectivity index (χ0) is 24.0. The van der Waals surface area contributed by atoms with E-state index in [1.54, 1.807) is 0 Å². The van der Waals surface area contributed by atoms with Crippen molar-refractivity contribution in [2.75, 3.05) is 19.4 Å². The summed E-state index contributed by atoms with van der Waals surface area (Å²) in [4.78, 5) is 16.2. The van der Waals surface area contributed by atoms with Crippen molar-refractivity contribution in [3.05, 3.63) is 84.9 Å². The number of benzene rings is 1. The number of rotatable bonds is 9. The van der Waals surface area contributed by atoms with E-state index < -0.39 is 0 Å². The van der Waals surface area contributed by atoms with Gasteiger partial charge in [0.25, 0.3) is 0 Å². The van der Waals surface area contributed by atoms with Crippen LogP contribution in [0.2, 0.25) is 0 Å². The van der Waals surface area contributed by atoms with E-state index in [0.29, 0.717) is 11.9 Å². The summed E-state index contributed by atoms with van der Waals surface area (Å²) < 4.78 is 0. The van der Waals surface area contributed by atoms with Crippen molar-refractivity contribution in [1.82, 2.24) is 14.9 Å². The van der Waals surface area contributed by atoms with Crippen molar-refractivity contribution >= 4 is 17.1 Å². The number of nitrogens with one attached hydrogen (secondary N) is 1. The van der Waals surface area contributed by atoms with Gasteiger partial charge in [0, 0.05) is 49.8 Å². The highest BCUT2D eigenvalue weighted by Crippen LogP contribution is 2.28. The number of aromatic nitrogens is 2. The van der Waals surface area contributed by atoms with Crippen LogP contribution in [0, 0.1) is 0 Å². The van der Waals surface area contributed by atoms with Crippen LogP contribution in [-0.2, 0) is 0 Å². The lowest BCUT2D eigenvalue weighted by Crippen LogP contribution is -2.44. The predicted molar refractivity (Wildman–Crippen MR) is 140 cm³/mol. The third kappa shape index (κ3) is 6.26. The molecule has 6 heteroatoms. The topological polar surface area (TPSA) is 79.4 Å². The number of aliphatic imine (C=N–C) groups is 1. The van der Waals surface area contributed by atoms with Gasteiger partial charge in [-0.05, 0) is 50.0 Å². The molecule has 1 aliphatic carbocycles. The Bertz CT molecular complexity index is 1100. The third-order valence-corrected chi connectivity index (χ3v) is 5.29. The molecule has 3 N–H and O–H groups in total. The van der Waals surface area contributed by atoms with Crippen LogP contribution in [0.15, 0.2) is 78.7 Å². The molecule has 0 atom stereocenters. The lowest BCUT2D eigenvalue weighted by atomic mass is 9.87. The summed E-state index contributed by atoms with van der Waals surface area (Å²) in [5, 5.41) is 3.56. The highest BCUT2D eigenvalue weighted by Gasteiger charge is 2.27. The van der Waals surface area contributed by atoms with Gasteiger partial charge in [0.2, 0.25) is 0 Å². The maximum Gasteiger partial charge on any atom is 0.161 e. The number of nitrogens with two attached hydrogens (primary N) is 1. The van der Waals surface area contributed by atoms with Crippen molar-refractivity contribution in [2.45, 2.75) is 38.8 Å². The number of hydrogen-bond donors (Lipinski definition) is 2. The molecule has 0 aliphatic heterocycles. The number of hydrogen-bond acceptors (Lipinski definition) is 6. The minimum absolute atomic E-state index is 0.240. The van der Waals surface area contributed by atoms with Gasteiger partial charge in [-0.3, -0.25) is 4.99 Å². The van der Waals surface area contributed by atoms with E-state index in [4.69, 9.17) is 15.7 Å². The molecular formula is C27H34N6. The van der Waals surface area contributed by atoms with E-state index in [2.05, 4.69) is 35.6 Å². The van der Waals surface area contributed by atoms with Gasteiger partial charge in [-0.15, -0.1) is 0 Å². The fourth-order valence-electron chi connectivity index (χ4n) is 3.70. The average molecular weight is 443 g/mol. The molecule has 0 bridgehead atoms. The van der Waals surface area contributed by atoms with Crippen LogP contribution in [0.5, 0.6) is 0 Å². The van der Waals surface area contributed by atoms with Crippen LogP contribution in [-0.4, -0.2) is 46.8 Å². The lowest BCUT2D eigenvalue weighted by Gasteiger charge is -2.34. The Hall–Kier alpha value is -3.51. The Labute approximate surface area is 197 Å². The Kier molecular flexibility index (Phi) is 7.96. The summed E-state index contributed by atoms with van der Waals surface area (Å²) in [6, 6.07) is 8.72. The van der Waals surface area contributed by atoms with Crippen LogP contribution in [0.4, 0.5) is 5.82 Å². The van der Waals surface area contributed by atoms with Gasteiger partial charge < -0.3 is 16.0 Å². The Morgan fingerprint density at radius 3 is 2.67 bits per heavy atom. The molecule has 1 aromatic carbocycles. The van der Waals surface area contributed by atoms with Crippen LogP contribution in [0.1, 0.15) is 37.8 Å². The summed E-state index contributed by atoms with van der Waals surface area (Å²) in [5.41, 5.74) is 11.4. The molecule has 1 saturated carbocycles. The molecule has 0 radical (unpaired) electrons. The Morgan fingerprint density at radius 2 is 2.06 bits per heavy atom. The molecule has 0 amide bonds. The molecular weight excluding hydrogens is 408 g/mol. The van der Waals surface area contributed by atoms with Crippen LogP contribution < -0.4 is 11.1 Å². The van der Waals surface area contributed by atoms with Crippen LogP contribution >= 0.6 is 0 Å². The Morgan fingerprint density at radius 1 is 1.30 bits per heavy atom. The first-order valence-electron chi connectivity index (χ1n) is 11.2. The van der Waals surface area contributed by atoms with Gasteiger partial charge in [-0.1, -0.05) is 43.5 Å². The molecule has 33 heavy (non-hydrogen) atoms. The minimum Gasteiger partial charge on any atom is -0.383 e. The first kappa shape index (κ1) is 24.1. The van der Waals surface area contributed by atoms with Crippen LogP contribution in [0.25, 0.3) is 17.0 Å². The lowest BCUT2D eigenvalue weighted by molar-refractivity contribution is 0.373. The molecule has 3 rings (SSSR count). The van der Waals surface area contributed by atoms with Crippen molar-refractivity contribution in [3.8, 4) is 11.4 Å². The summed E-state index contributed by atoms with van der Waals surface area (Å²) in [6.07, 6.45) is 11.5. The van der Waals surface area contributed by atoms with Gasteiger partial charge in [-0.25, -0.2) is 9.97 Å². The Balaban J connectivity index is 2.06. The smallest absolute Gasteiger partial charge is 0.161 e. The third-order valence-electron chi connectivity index (χ3n) is 5.29. The average Bonchev–Trinajstić information content (AvgIpc) is 2.76. The molecule has 0 unspecified atom stereocenters. The summed E-state index contributed by atoms with van der Waals surface area (Å²) >= 11 is 0. The first-order chi connectivity index (χ1) is 15.8. The molecule has 1 fully saturated rings. The van der Waals surface area contributed by atoms with Crippen molar-refractivity contribution in [2.24, 2.45) is 10.7 Å². The zero-order valence-corrected chi connectivity index (χ0v) is 20.0. The second-order valence-corrected chi connectivity index (χ2v) is 8.59. The molecule has 1 heterocycles. The molecule has 1 aromatic heterocycles. The summed E-state index contributed by atoms with van der Waals surface area (Å²) in [6.45, 7) is 11.7. The monoisotopic (exact) mass is 442 g/mol. The van der Waals surface area contributed by atoms with E-state index in [-0.39, 0.29) is 6.04 Å². The van der Waals surface area contributed by atoms with E-state index >= 15 is 0 Å². The summed E-state index contributed by atoms with van der Waals surface area (Å²) in [5.74, 6) is 1.41. The van der Waals surface area contributed by atoms with E-state index in [1.807, 2.05) is 75.6 Å². The van der Waals surface area contributed by atoms with Gasteiger partial charge in [0.15, 0.2) is 5.82 Å². The van der Waals surface area contributed by atoms with Gasteiger partial charge >= 0.3 is 0 Å². The molecule has 6 nitrogen and oxygen atoms in total. The highest BCUT2D eigenvalue weighted by atomic mass is 15.1. The fraction of sp³-hybridized carbons (Fsp3) is 0.296. The molecule has 0 saturated heterocycles. The molecule has 2 aromatic rings. The van der Waals surface area contributed by atoms with E-state index in [9.17, 15) is 0 Å². The first-order valence-corrected chi connectivity index (χ1v) is 11.2. The summed E-state index contributed by atoms with van der Waals surface area (Å²) in [7, 11) is 3.99. The van der Waals surface area contributed by atoms with Gasteiger partial charge in [-0.2, -0.15) is 0 Å². The quantitative estimate of drug-likeness (QED) is 0.420. The second kappa shape index (κ2) is 10.9. The maximum absolute atomic E-state index is 6.01. The number of allylic oxidation sites excluding steroid dienone is 5. The normalized spacial score (nSPS) is 18.7. The van der Waals surface area contributed by atoms with Crippen molar-refractivity contribution in [1.29, 1.82) is 0 Å². The molecule has 0 spiro atoms. The number of nitrogens with zero attached hydrogens (tertiary/aromatic N) is 4. The fourth-order valence-corrected chi connectivity index (χ4v) is 3.70. The van der Waals surface area contributed by atoms with Gasteiger partial charge in [0.1, 0.15) is 5.82 Å². The van der Waals surface area contributed by atoms with Crippen LogP contribution in [0.3, 0.4) is 0 Å². The predicted octanol–water partition coefficient (Wildman–Crippen LogP) is 5.03. The molecule has 1 aliphatic rings. The standard InChI is InChI=1S/C27H34N6/c1-7-10-25(30-18(3)4)24-16-29-26(32-27(24)31-23-14-22(28)15-23)21-12-9-11-20(13-21)19(8-2)17-33(5)6/h7-13,16-17,22-23H,2-3,14-15,28H2,1,4-6H3,(H,29,31,32)/b10-7-,19-17+,30-25?. The number of anilines is 1. The van der Waals surface area contributed by atoms with Crippen molar-refractivity contribution < 1.29 is 0 Å². The zero-order valence-electron chi connectivity index (χ0n) is 20.0. The second-order valence-electron chi connectivity index (χ2n) is 8.59. The van der Waals surface area contributed by atoms with Crippen molar-refractivity contribution in [3.63, 3.8) is 0 Å². The van der Waals surface area contributed by atoms with E-state index in [0.717, 1.165) is 52.3 Å². The SMILES string of the molecule is C=C/C(=C\N(C)C)c1cccc(-c2ncc(C(/C=C\C)=NC(=C)C)c(NC3CC(N)C3)n2)c1.